The summed E-state index contributed by atoms with van der Waals surface area (Å²) in [5.74, 6) is -0.201. The number of thioether (sulfide) groups is 1. The molecule has 0 saturated carbocycles. The first kappa shape index (κ1) is 23.7. The van der Waals surface area contributed by atoms with Crippen LogP contribution in [0.15, 0.2) is 89.0 Å². The van der Waals surface area contributed by atoms with Gasteiger partial charge in [0.05, 0.1) is 16.5 Å². The molecular weight excluding hydrogens is 472 g/mol. The minimum Gasteiger partial charge on any atom is -0.330 e. The summed E-state index contributed by atoms with van der Waals surface area (Å²) >= 11 is 1.26. The van der Waals surface area contributed by atoms with Gasteiger partial charge < -0.3 is 10.2 Å². The van der Waals surface area contributed by atoms with Crippen LogP contribution in [0.3, 0.4) is 0 Å². The summed E-state index contributed by atoms with van der Waals surface area (Å²) in [7, 11) is 0. The Labute approximate surface area is 213 Å². The zero-order valence-electron chi connectivity index (χ0n) is 19.4. The molecule has 1 saturated heterocycles. The van der Waals surface area contributed by atoms with E-state index in [2.05, 4.69) is 20.3 Å². The quantitative estimate of drug-likeness (QED) is 0.252. The Kier molecular flexibility index (Phi) is 7.02. The van der Waals surface area contributed by atoms with E-state index < -0.39 is 12.1 Å². The first-order valence-electron chi connectivity index (χ1n) is 11.7. The molecule has 2 aliphatic heterocycles. The maximum absolute atomic E-state index is 13.3. The second-order valence-electron chi connectivity index (χ2n) is 8.55. The van der Waals surface area contributed by atoms with Crippen LogP contribution in [0.1, 0.15) is 24.4 Å². The molecule has 1 unspecified atom stereocenters. The molecule has 2 amide bonds. The minimum absolute atomic E-state index is 0.120. The molecule has 0 aromatic heterocycles. The summed E-state index contributed by atoms with van der Waals surface area (Å²) in [6.45, 7) is 0.532. The van der Waals surface area contributed by atoms with E-state index in [0.717, 1.165) is 34.5 Å². The van der Waals surface area contributed by atoms with Crippen LogP contribution in [0.5, 0.6) is 0 Å². The number of fused-ring (bicyclic) bond motifs is 1. The van der Waals surface area contributed by atoms with Gasteiger partial charge in [-0.3, -0.25) is 9.59 Å². The smallest absolute Gasteiger partial charge is 0.247 e. The maximum atomic E-state index is 13.3. The average Bonchev–Trinajstić information content (AvgIpc) is 3.54. The highest BCUT2D eigenvalue weighted by atomic mass is 32.2. The number of nitrogens with one attached hydrogen (secondary N) is 1. The predicted molar refractivity (Wildman–Crippen MR) is 143 cm³/mol. The standard InChI is InChI=1S/C27H24N6O2S/c28-32-31-25-20-12-5-7-14-22(20)30-27(25)36-17-24(34)33-16-8-15-23(33)26(35)29-21-13-6-4-11-19(21)18-9-2-1-3-10-18/h1-7,9-14,23,25H,8,15-17H2,(H,29,35)/t23-,25?/m0/s1. The van der Waals surface area contributed by atoms with Gasteiger partial charge in [-0.15, -0.1) is 11.8 Å². The Bertz CT molecular complexity index is 1370. The van der Waals surface area contributed by atoms with E-state index >= 15 is 0 Å². The summed E-state index contributed by atoms with van der Waals surface area (Å²) in [5.41, 5.74) is 13.3. The monoisotopic (exact) mass is 496 g/mol. The Morgan fingerprint density at radius 1 is 1.06 bits per heavy atom. The van der Waals surface area contributed by atoms with Gasteiger partial charge in [-0.05, 0) is 41.6 Å². The summed E-state index contributed by atoms with van der Waals surface area (Å²) in [6, 6.07) is 24.0. The number of hydrogen-bond acceptors (Lipinski definition) is 5. The number of likely N-dealkylation sites (tertiary alicyclic amines) is 1. The third-order valence-electron chi connectivity index (χ3n) is 6.35. The van der Waals surface area contributed by atoms with E-state index in [1.165, 1.54) is 11.8 Å². The summed E-state index contributed by atoms with van der Waals surface area (Å²) in [5, 5.41) is 7.53. The van der Waals surface area contributed by atoms with Crippen LogP contribution in [-0.4, -0.2) is 40.1 Å². The number of benzene rings is 3. The Hall–Kier alpha value is -4.07. The fraction of sp³-hybridized carbons (Fsp3) is 0.222. The molecule has 3 aromatic carbocycles. The second-order valence-corrected chi connectivity index (χ2v) is 9.55. The van der Waals surface area contributed by atoms with E-state index in [0.29, 0.717) is 18.0 Å². The molecule has 1 N–H and O–H groups in total. The molecule has 0 aliphatic carbocycles. The van der Waals surface area contributed by atoms with Crippen molar-refractivity contribution in [3.8, 4) is 11.1 Å². The lowest BCUT2D eigenvalue weighted by molar-refractivity contribution is -0.134. The number of anilines is 1. The minimum atomic E-state index is -0.531. The van der Waals surface area contributed by atoms with E-state index in [-0.39, 0.29) is 17.6 Å². The lowest BCUT2D eigenvalue weighted by Gasteiger charge is -2.24. The maximum Gasteiger partial charge on any atom is 0.247 e. The van der Waals surface area contributed by atoms with Crippen molar-refractivity contribution in [1.82, 2.24) is 4.90 Å². The summed E-state index contributed by atoms with van der Waals surface area (Å²) < 4.78 is 0. The fourth-order valence-electron chi connectivity index (χ4n) is 4.64. The average molecular weight is 497 g/mol. The fourth-order valence-corrected chi connectivity index (χ4v) is 5.57. The van der Waals surface area contributed by atoms with Gasteiger partial charge in [-0.2, -0.15) is 0 Å². The van der Waals surface area contributed by atoms with Gasteiger partial charge in [0.25, 0.3) is 0 Å². The van der Waals surface area contributed by atoms with Gasteiger partial charge in [0.15, 0.2) is 0 Å². The number of amides is 2. The molecular formula is C27H24N6O2S. The van der Waals surface area contributed by atoms with Crippen LogP contribution in [0.4, 0.5) is 11.4 Å². The van der Waals surface area contributed by atoms with E-state index in [1.807, 2.05) is 78.9 Å². The van der Waals surface area contributed by atoms with Crippen molar-refractivity contribution in [3.63, 3.8) is 0 Å². The number of rotatable bonds is 6. The van der Waals surface area contributed by atoms with Crippen molar-refractivity contribution in [2.45, 2.75) is 24.9 Å². The summed E-state index contributed by atoms with van der Waals surface area (Å²) in [4.78, 5) is 35.6. The van der Waals surface area contributed by atoms with Crippen molar-refractivity contribution in [2.75, 3.05) is 17.6 Å². The molecule has 2 atom stereocenters. The van der Waals surface area contributed by atoms with E-state index in [9.17, 15) is 9.59 Å². The van der Waals surface area contributed by atoms with Crippen molar-refractivity contribution in [3.05, 3.63) is 94.9 Å². The molecule has 2 aliphatic rings. The predicted octanol–water partition coefficient (Wildman–Crippen LogP) is 6.11. The molecule has 8 nitrogen and oxygen atoms in total. The third-order valence-corrected chi connectivity index (χ3v) is 7.35. The summed E-state index contributed by atoms with van der Waals surface area (Å²) in [6.07, 6.45) is 1.38. The normalized spacial score (nSPS) is 18.2. The Balaban J connectivity index is 1.26. The van der Waals surface area contributed by atoms with Gasteiger partial charge >= 0.3 is 0 Å². The zero-order chi connectivity index (χ0) is 24.9. The van der Waals surface area contributed by atoms with Gasteiger partial charge in [0.1, 0.15) is 12.1 Å². The molecule has 180 valence electrons. The van der Waals surface area contributed by atoms with Crippen LogP contribution in [0.2, 0.25) is 0 Å². The topological polar surface area (TPSA) is 111 Å². The molecule has 36 heavy (non-hydrogen) atoms. The molecule has 2 heterocycles. The van der Waals surface area contributed by atoms with Crippen molar-refractivity contribution in [2.24, 2.45) is 10.1 Å². The van der Waals surface area contributed by atoms with Gasteiger partial charge in [0.2, 0.25) is 11.8 Å². The number of carbonyl (C=O) groups excluding carboxylic acids is 2. The van der Waals surface area contributed by atoms with Crippen molar-refractivity contribution in [1.29, 1.82) is 0 Å². The van der Waals surface area contributed by atoms with Crippen LogP contribution in [0.25, 0.3) is 21.6 Å². The third kappa shape index (κ3) is 4.84. The molecule has 5 rings (SSSR count). The number of aliphatic imine (C=N–C) groups is 1. The number of para-hydroxylation sites is 2. The highest BCUT2D eigenvalue weighted by molar-refractivity contribution is 8.14. The molecule has 0 spiro atoms. The Morgan fingerprint density at radius 2 is 1.81 bits per heavy atom. The molecule has 1 fully saturated rings. The lowest BCUT2D eigenvalue weighted by atomic mass is 10.0. The largest absolute Gasteiger partial charge is 0.330 e. The van der Waals surface area contributed by atoms with Crippen molar-refractivity contribution < 1.29 is 9.59 Å². The van der Waals surface area contributed by atoms with Crippen LogP contribution < -0.4 is 5.32 Å². The molecule has 0 radical (unpaired) electrons. The van der Waals surface area contributed by atoms with Crippen LogP contribution in [0, 0.1) is 0 Å². The van der Waals surface area contributed by atoms with Gasteiger partial charge in [-0.25, -0.2) is 4.99 Å². The second kappa shape index (κ2) is 10.7. The molecule has 0 bridgehead atoms. The van der Waals surface area contributed by atoms with E-state index in [4.69, 9.17) is 5.53 Å². The van der Waals surface area contributed by atoms with Gasteiger partial charge in [0, 0.05) is 22.7 Å². The van der Waals surface area contributed by atoms with Crippen LogP contribution in [-0.2, 0) is 9.59 Å². The van der Waals surface area contributed by atoms with Crippen molar-refractivity contribution >= 4 is 40.0 Å². The number of hydrogen-bond donors (Lipinski definition) is 1. The Morgan fingerprint density at radius 3 is 2.64 bits per heavy atom. The lowest BCUT2D eigenvalue weighted by Crippen LogP contribution is -2.44. The SMILES string of the molecule is [N-]=[N+]=NC1C(SCC(=O)N2CCC[C@H]2C(=O)Nc2ccccc2-c2ccccc2)=Nc2ccccc21. The zero-order valence-corrected chi connectivity index (χ0v) is 20.3. The van der Waals surface area contributed by atoms with Crippen LogP contribution >= 0.6 is 11.8 Å². The first-order chi connectivity index (χ1) is 17.7. The highest BCUT2D eigenvalue weighted by Gasteiger charge is 2.35. The van der Waals surface area contributed by atoms with Gasteiger partial charge in [-0.1, -0.05) is 71.8 Å². The molecule has 9 heteroatoms. The van der Waals surface area contributed by atoms with E-state index in [1.54, 1.807) is 4.90 Å². The highest BCUT2D eigenvalue weighted by Crippen LogP contribution is 2.40. The number of carbonyl (C=O) groups is 2. The molecule has 3 aromatic rings. The number of azide groups is 1. The first-order valence-corrected chi connectivity index (χ1v) is 12.7. The number of nitrogens with zero attached hydrogens (tertiary/aromatic N) is 5.